The molecule has 1 aromatic carbocycles. The molecule has 0 heterocycles. The van der Waals surface area contributed by atoms with Crippen LogP contribution in [-0.2, 0) is 9.47 Å². The van der Waals surface area contributed by atoms with Crippen LogP contribution in [0.4, 0.5) is 16.2 Å². The maximum Gasteiger partial charge on any atom is 0.412 e. The van der Waals surface area contributed by atoms with E-state index in [0.29, 0.717) is 5.56 Å². The van der Waals surface area contributed by atoms with Gasteiger partial charge >= 0.3 is 12.1 Å². The van der Waals surface area contributed by atoms with Crippen LogP contribution >= 0.6 is 0 Å². The summed E-state index contributed by atoms with van der Waals surface area (Å²) in [4.78, 5) is 26.2. The van der Waals surface area contributed by atoms with Crippen molar-refractivity contribution >= 4 is 23.4 Å². The second-order valence-corrected chi connectivity index (χ2v) is 5.48. The molecule has 0 spiro atoms. The molecule has 0 aliphatic rings. The number of esters is 1. The van der Waals surface area contributed by atoms with E-state index in [1.54, 1.807) is 27.7 Å². The monoisotopic (exact) mass is 306 g/mol. The van der Waals surface area contributed by atoms with Gasteiger partial charge in [-0.15, -0.1) is 0 Å². The van der Waals surface area contributed by atoms with Crippen LogP contribution in [0.25, 0.3) is 10.4 Å². The van der Waals surface area contributed by atoms with Crippen molar-refractivity contribution < 1.29 is 19.1 Å². The Balaban J connectivity index is 3.20. The van der Waals surface area contributed by atoms with Crippen LogP contribution < -0.4 is 5.32 Å². The molecule has 0 radical (unpaired) electrons. The predicted molar refractivity (Wildman–Crippen MR) is 81.2 cm³/mol. The highest BCUT2D eigenvalue weighted by atomic mass is 16.6. The number of benzene rings is 1. The first-order chi connectivity index (χ1) is 10.2. The summed E-state index contributed by atoms with van der Waals surface area (Å²) in [5.41, 5.74) is 9.06. The molecule has 0 atom stereocenters. The SMILES string of the molecule is COC(=O)c1cc(NC(=O)OC(C)(C)C)cc(N=[N+]=[N-])c1C. The number of ether oxygens (including phenoxy) is 2. The number of hydrogen-bond donors (Lipinski definition) is 1. The van der Waals surface area contributed by atoms with Crippen LogP contribution in [0, 0.1) is 6.92 Å². The first-order valence-corrected chi connectivity index (χ1v) is 6.46. The fourth-order valence-corrected chi connectivity index (χ4v) is 1.67. The van der Waals surface area contributed by atoms with E-state index in [-0.39, 0.29) is 16.9 Å². The van der Waals surface area contributed by atoms with Crippen molar-refractivity contribution in [3.8, 4) is 0 Å². The highest BCUT2D eigenvalue weighted by Crippen LogP contribution is 2.28. The molecular weight excluding hydrogens is 288 g/mol. The van der Waals surface area contributed by atoms with E-state index in [4.69, 9.17) is 10.3 Å². The maximum atomic E-state index is 11.8. The lowest BCUT2D eigenvalue weighted by atomic mass is 10.1. The van der Waals surface area contributed by atoms with Gasteiger partial charge < -0.3 is 9.47 Å². The summed E-state index contributed by atoms with van der Waals surface area (Å²) in [7, 11) is 1.24. The van der Waals surface area contributed by atoms with Crippen molar-refractivity contribution in [2.24, 2.45) is 5.11 Å². The largest absolute Gasteiger partial charge is 0.465 e. The van der Waals surface area contributed by atoms with E-state index in [2.05, 4.69) is 20.1 Å². The minimum Gasteiger partial charge on any atom is -0.465 e. The highest BCUT2D eigenvalue weighted by molar-refractivity contribution is 5.96. The van der Waals surface area contributed by atoms with E-state index >= 15 is 0 Å². The van der Waals surface area contributed by atoms with Crippen LogP contribution in [0.1, 0.15) is 36.7 Å². The summed E-state index contributed by atoms with van der Waals surface area (Å²) in [6.45, 7) is 6.81. The van der Waals surface area contributed by atoms with E-state index in [1.165, 1.54) is 19.2 Å². The zero-order valence-corrected chi connectivity index (χ0v) is 13.1. The average molecular weight is 306 g/mol. The molecule has 0 aliphatic carbocycles. The fourth-order valence-electron chi connectivity index (χ4n) is 1.67. The van der Waals surface area contributed by atoms with Crippen LogP contribution in [0.3, 0.4) is 0 Å². The van der Waals surface area contributed by atoms with Gasteiger partial charge in [0.05, 0.1) is 12.7 Å². The molecule has 1 N–H and O–H groups in total. The van der Waals surface area contributed by atoms with Gasteiger partial charge in [0.25, 0.3) is 0 Å². The standard InChI is InChI=1S/C14H18N4O4/c1-8-10(12(19)21-5)6-9(7-11(8)17-18-15)16-13(20)22-14(2,3)4/h6-7H,1-5H3,(H,16,20). The Hall–Kier alpha value is -2.73. The van der Waals surface area contributed by atoms with Gasteiger partial charge in [-0.2, -0.15) is 0 Å². The number of nitrogens with one attached hydrogen (secondary N) is 1. The number of carbonyl (C=O) groups is 2. The first kappa shape index (κ1) is 17.3. The van der Waals surface area contributed by atoms with Gasteiger partial charge in [-0.3, -0.25) is 5.32 Å². The van der Waals surface area contributed by atoms with Gasteiger partial charge in [0.1, 0.15) is 5.60 Å². The summed E-state index contributed by atoms with van der Waals surface area (Å²) in [5.74, 6) is -0.597. The van der Waals surface area contributed by atoms with E-state index < -0.39 is 17.7 Å². The van der Waals surface area contributed by atoms with Gasteiger partial charge in [-0.25, -0.2) is 9.59 Å². The molecule has 0 bridgehead atoms. The third kappa shape index (κ3) is 4.68. The molecule has 0 aliphatic heterocycles. The molecule has 8 heteroatoms. The van der Waals surface area contributed by atoms with E-state index in [9.17, 15) is 9.59 Å². The number of nitrogens with zero attached hydrogens (tertiary/aromatic N) is 3. The second-order valence-electron chi connectivity index (χ2n) is 5.48. The Bertz CT molecular complexity index is 643. The number of amides is 1. The molecule has 118 valence electrons. The predicted octanol–water partition coefficient (Wildman–Crippen LogP) is 4.07. The minimum absolute atomic E-state index is 0.193. The van der Waals surface area contributed by atoms with Crippen LogP contribution in [0.2, 0.25) is 0 Å². The van der Waals surface area contributed by atoms with Gasteiger partial charge in [0.2, 0.25) is 0 Å². The number of methoxy groups -OCH3 is 1. The van der Waals surface area contributed by atoms with Crippen LogP contribution in [0.15, 0.2) is 17.2 Å². The van der Waals surface area contributed by atoms with Gasteiger partial charge in [-0.05, 0) is 50.9 Å². The molecule has 0 saturated carbocycles. The molecule has 22 heavy (non-hydrogen) atoms. The Kier molecular flexibility index (Phi) is 5.37. The molecule has 1 aromatic rings. The maximum absolute atomic E-state index is 11.8. The minimum atomic E-state index is -0.681. The van der Waals surface area contributed by atoms with Gasteiger partial charge in [0.15, 0.2) is 0 Å². The zero-order valence-electron chi connectivity index (χ0n) is 13.1. The zero-order chi connectivity index (χ0) is 16.9. The summed E-state index contributed by atoms with van der Waals surface area (Å²) < 4.78 is 9.80. The van der Waals surface area contributed by atoms with Crippen molar-refractivity contribution in [3.63, 3.8) is 0 Å². The molecule has 0 saturated heterocycles. The molecule has 1 rings (SSSR count). The molecule has 0 fully saturated rings. The second kappa shape index (κ2) is 6.82. The molecular formula is C14H18N4O4. The van der Waals surface area contributed by atoms with Gasteiger partial charge in [-0.1, -0.05) is 5.11 Å². The Labute approximate surface area is 128 Å². The summed E-state index contributed by atoms with van der Waals surface area (Å²) in [6, 6.07) is 2.88. The topological polar surface area (TPSA) is 113 Å². The lowest BCUT2D eigenvalue weighted by Crippen LogP contribution is -2.27. The average Bonchev–Trinajstić information content (AvgIpc) is 2.39. The lowest BCUT2D eigenvalue weighted by Gasteiger charge is -2.20. The Morgan fingerprint density at radius 1 is 1.32 bits per heavy atom. The van der Waals surface area contributed by atoms with Crippen LogP contribution in [0.5, 0.6) is 0 Å². The number of anilines is 1. The normalized spacial score (nSPS) is 10.4. The van der Waals surface area contributed by atoms with Crippen molar-refractivity contribution in [3.05, 3.63) is 33.7 Å². The van der Waals surface area contributed by atoms with Crippen molar-refractivity contribution in [2.75, 3.05) is 12.4 Å². The van der Waals surface area contributed by atoms with E-state index in [1.807, 2.05) is 0 Å². The molecule has 1 amide bonds. The summed E-state index contributed by atoms with van der Waals surface area (Å²) in [5, 5.41) is 6.00. The van der Waals surface area contributed by atoms with Crippen molar-refractivity contribution in [1.82, 2.24) is 0 Å². The fraction of sp³-hybridized carbons (Fsp3) is 0.429. The third-order valence-electron chi connectivity index (χ3n) is 2.58. The highest BCUT2D eigenvalue weighted by Gasteiger charge is 2.18. The van der Waals surface area contributed by atoms with E-state index in [0.717, 1.165) is 0 Å². The number of rotatable bonds is 3. The molecule has 0 aromatic heterocycles. The number of carbonyl (C=O) groups excluding carboxylic acids is 2. The quantitative estimate of drug-likeness (QED) is 0.392. The smallest absolute Gasteiger partial charge is 0.412 e. The Morgan fingerprint density at radius 2 is 1.95 bits per heavy atom. The van der Waals surface area contributed by atoms with Crippen LogP contribution in [-0.4, -0.2) is 24.8 Å². The lowest BCUT2D eigenvalue weighted by molar-refractivity contribution is 0.0595. The number of hydrogen-bond acceptors (Lipinski definition) is 5. The number of azide groups is 1. The molecule has 0 unspecified atom stereocenters. The van der Waals surface area contributed by atoms with Crippen molar-refractivity contribution in [1.29, 1.82) is 0 Å². The summed E-state index contributed by atoms with van der Waals surface area (Å²) >= 11 is 0. The molecule has 8 nitrogen and oxygen atoms in total. The summed E-state index contributed by atoms with van der Waals surface area (Å²) in [6.07, 6.45) is -0.681. The van der Waals surface area contributed by atoms with Crippen molar-refractivity contribution in [2.45, 2.75) is 33.3 Å². The first-order valence-electron chi connectivity index (χ1n) is 6.46. The third-order valence-corrected chi connectivity index (χ3v) is 2.58. The van der Waals surface area contributed by atoms with Gasteiger partial charge in [0, 0.05) is 16.3 Å². The Morgan fingerprint density at radius 3 is 2.45 bits per heavy atom.